The topological polar surface area (TPSA) is 40.5 Å². The second-order valence-corrected chi connectivity index (χ2v) is 5.73. The van der Waals surface area contributed by atoms with Crippen molar-refractivity contribution >= 4 is 17.6 Å². The van der Waals surface area contributed by atoms with E-state index < -0.39 is 5.97 Å². The minimum absolute atomic E-state index is 0.00671. The number of piperidine rings is 1. The van der Waals surface area contributed by atoms with Crippen LogP contribution in [-0.2, 0) is 4.79 Å². The number of likely N-dealkylation sites (tertiary alicyclic amines) is 1. The van der Waals surface area contributed by atoms with Crippen molar-refractivity contribution in [2.24, 2.45) is 0 Å². The molecule has 0 aromatic heterocycles. The van der Waals surface area contributed by atoms with Gasteiger partial charge in [-0.3, -0.25) is 9.69 Å². The minimum Gasteiger partial charge on any atom is -0.481 e. The van der Waals surface area contributed by atoms with E-state index >= 15 is 0 Å². The molecule has 2 unspecified atom stereocenters. The molecule has 3 nitrogen and oxygen atoms in total. The zero-order valence-corrected chi connectivity index (χ0v) is 12.2. The Kier molecular flexibility index (Phi) is 5.00. The number of aliphatic carboxylic acids is 1. The van der Waals surface area contributed by atoms with Crippen LogP contribution in [0.3, 0.4) is 0 Å². The van der Waals surface area contributed by atoms with Gasteiger partial charge in [0.1, 0.15) is 5.82 Å². The number of halogens is 2. The highest BCUT2D eigenvalue weighted by atomic mass is 35.5. The van der Waals surface area contributed by atoms with E-state index in [9.17, 15) is 9.18 Å². The Labute approximate surface area is 123 Å². The SMILES string of the molecule is CC(c1ccc(F)cc1Cl)N1CCCCC1CC(=O)O. The summed E-state index contributed by atoms with van der Waals surface area (Å²) in [5.74, 6) is -1.13. The highest BCUT2D eigenvalue weighted by Crippen LogP contribution is 2.33. The number of rotatable bonds is 4. The summed E-state index contributed by atoms with van der Waals surface area (Å²) in [6, 6.07) is 4.41. The molecule has 0 aliphatic carbocycles. The Hall–Kier alpha value is -1.13. The molecule has 0 bridgehead atoms. The quantitative estimate of drug-likeness (QED) is 0.917. The Balaban J connectivity index is 2.20. The molecule has 1 fully saturated rings. The lowest BCUT2D eigenvalue weighted by molar-refractivity contribution is -0.139. The van der Waals surface area contributed by atoms with Crippen LogP contribution in [-0.4, -0.2) is 28.6 Å². The molecule has 0 radical (unpaired) electrons. The highest BCUT2D eigenvalue weighted by molar-refractivity contribution is 6.31. The lowest BCUT2D eigenvalue weighted by Gasteiger charge is -2.39. The molecule has 20 heavy (non-hydrogen) atoms. The first kappa shape index (κ1) is 15.3. The summed E-state index contributed by atoms with van der Waals surface area (Å²) in [7, 11) is 0. The summed E-state index contributed by atoms with van der Waals surface area (Å²) in [5.41, 5.74) is 0.852. The normalized spacial score (nSPS) is 21.6. The van der Waals surface area contributed by atoms with E-state index in [4.69, 9.17) is 16.7 Å². The van der Waals surface area contributed by atoms with Gasteiger partial charge in [0.15, 0.2) is 0 Å². The zero-order chi connectivity index (χ0) is 14.7. The van der Waals surface area contributed by atoms with Crippen molar-refractivity contribution < 1.29 is 14.3 Å². The summed E-state index contributed by atoms with van der Waals surface area (Å²) in [6.45, 7) is 2.85. The summed E-state index contributed by atoms with van der Waals surface area (Å²) >= 11 is 6.11. The maximum atomic E-state index is 13.1. The molecule has 1 aliphatic rings. The van der Waals surface area contributed by atoms with Gasteiger partial charge in [0.05, 0.1) is 6.42 Å². The van der Waals surface area contributed by atoms with Crippen molar-refractivity contribution in [3.63, 3.8) is 0 Å². The van der Waals surface area contributed by atoms with Crippen molar-refractivity contribution in [2.75, 3.05) is 6.54 Å². The van der Waals surface area contributed by atoms with E-state index in [-0.39, 0.29) is 24.3 Å². The van der Waals surface area contributed by atoms with Crippen LogP contribution in [0.1, 0.15) is 44.2 Å². The number of hydrogen-bond acceptors (Lipinski definition) is 2. The molecule has 5 heteroatoms. The monoisotopic (exact) mass is 299 g/mol. The molecule has 1 heterocycles. The summed E-state index contributed by atoms with van der Waals surface area (Å²) in [5, 5.41) is 9.42. The molecule has 1 aliphatic heterocycles. The van der Waals surface area contributed by atoms with Crippen molar-refractivity contribution in [1.82, 2.24) is 4.90 Å². The van der Waals surface area contributed by atoms with E-state index in [1.807, 2.05) is 6.92 Å². The maximum Gasteiger partial charge on any atom is 0.304 e. The second-order valence-electron chi connectivity index (χ2n) is 5.33. The summed E-state index contributed by atoms with van der Waals surface area (Å²) < 4.78 is 13.1. The third-order valence-electron chi connectivity index (χ3n) is 3.99. The molecule has 0 spiro atoms. The molecule has 2 rings (SSSR count). The summed E-state index contributed by atoms with van der Waals surface area (Å²) in [6.07, 6.45) is 3.14. The van der Waals surface area contributed by atoms with E-state index in [0.717, 1.165) is 31.4 Å². The Morgan fingerprint density at radius 3 is 2.95 bits per heavy atom. The minimum atomic E-state index is -0.778. The zero-order valence-electron chi connectivity index (χ0n) is 11.5. The van der Waals surface area contributed by atoms with Crippen LogP contribution in [0.5, 0.6) is 0 Å². The lowest BCUT2D eigenvalue weighted by atomic mass is 9.95. The first-order chi connectivity index (χ1) is 9.49. The second kappa shape index (κ2) is 6.55. The number of carboxylic acids is 1. The third kappa shape index (κ3) is 3.49. The van der Waals surface area contributed by atoms with Crippen LogP contribution in [0.25, 0.3) is 0 Å². The van der Waals surface area contributed by atoms with Crippen LogP contribution in [0, 0.1) is 5.82 Å². The van der Waals surface area contributed by atoms with Crippen LogP contribution in [0.2, 0.25) is 5.02 Å². The number of benzene rings is 1. The van der Waals surface area contributed by atoms with E-state index in [0.29, 0.717) is 5.02 Å². The number of carbonyl (C=O) groups is 1. The van der Waals surface area contributed by atoms with Gasteiger partial charge < -0.3 is 5.11 Å². The van der Waals surface area contributed by atoms with Gasteiger partial charge in [-0.1, -0.05) is 24.1 Å². The Morgan fingerprint density at radius 1 is 1.55 bits per heavy atom. The molecule has 1 aromatic carbocycles. The van der Waals surface area contributed by atoms with Crippen molar-refractivity contribution in [2.45, 2.75) is 44.7 Å². The first-order valence-electron chi connectivity index (χ1n) is 6.91. The molecule has 0 saturated carbocycles. The van der Waals surface area contributed by atoms with Gasteiger partial charge in [-0.2, -0.15) is 0 Å². The molecule has 1 N–H and O–H groups in total. The molecule has 0 amide bonds. The molecular formula is C15H19ClFNO2. The van der Waals surface area contributed by atoms with Gasteiger partial charge in [-0.15, -0.1) is 0 Å². The van der Waals surface area contributed by atoms with Gasteiger partial charge in [0.2, 0.25) is 0 Å². The van der Waals surface area contributed by atoms with E-state index in [2.05, 4.69) is 4.90 Å². The fourth-order valence-electron chi connectivity index (χ4n) is 2.97. The predicted molar refractivity (Wildman–Crippen MR) is 76.4 cm³/mol. The van der Waals surface area contributed by atoms with Crippen LogP contribution in [0.4, 0.5) is 4.39 Å². The van der Waals surface area contributed by atoms with Gasteiger partial charge >= 0.3 is 5.97 Å². The fourth-order valence-corrected chi connectivity index (χ4v) is 3.30. The van der Waals surface area contributed by atoms with Gasteiger partial charge in [0, 0.05) is 17.1 Å². The van der Waals surface area contributed by atoms with Gasteiger partial charge in [-0.25, -0.2) is 4.39 Å². The van der Waals surface area contributed by atoms with Crippen LogP contribution in [0.15, 0.2) is 18.2 Å². The average molecular weight is 300 g/mol. The van der Waals surface area contributed by atoms with Crippen molar-refractivity contribution in [3.05, 3.63) is 34.6 Å². The predicted octanol–water partition coefficient (Wildman–Crippen LogP) is 3.87. The van der Waals surface area contributed by atoms with Crippen LogP contribution < -0.4 is 0 Å². The summed E-state index contributed by atoms with van der Waals surface area (Å²) in [4.78, 5) is 13.2. The van der Waals surface area contributed by atoms with Gasteiger partial charge in [-0.05, 0) is 44.0 Å². The molecule has 110 valence electrons. The number of hydrogen-bond donors (Lipinski definition) is 1. The Morgan fingerprint density at radius 2 is 2.30 bits per heavy atom. The Bertz CT molecular complexity index is 495. The first-order valence-corrected chi connectivity index (χ1v) is 7.29. The van der Waals surface area contributed by atoms with Crippen molar-refractivity contribution in [1.29, 1.82) is 0 Å². The van der Waals surface area contributed by atoms with E-state index in [1.165, 1.54) is 12.1 Å². The standard InChI is InChI=1S/C15H19ClFNO2/c1-10(13-6-5-11(17)8-14(13)16)18-7-3-2-4-12(18)9-15(19)20/h5-6,8,10,12H,2-4,7,9H2,1H3,(H,19,20). The third-order valence-corrected chi connectivity index (χ3v) is 4.32. The highest BCUT2D eigenvalue weighted by Gasteiger charge is 2.29. The van der Waals surface area contributed by atoms with E-state index in [1.54, 1.807) is 6.07 Å². The smallest absolute Gasteiger partial charge is 0.304 e. The van der Waals surface area contributed by atoms with Crippen LogP contribution >= 0.6 is 11.6 Å². The average Bonchev–Trinajstić information content (AvgIpc) is 2.38. The van der Waals surface area contributed by atoms with Gasteiger partial charge in [0.25, 0.3) is 0 Å². The van der Waals surface area contributed by atoms with Crippen molar-refractivity contribution in [3.8, 4) is 0 Å². The fraction of sp³-hybridized carbons (Fsp3) is 0.533. The maximum absolute atomic E-state index is 13.1. The number of carboxylic acid groups (broad SMARTS) is 1. The lowest BCUT2D eigenvalue weighted by Crippen LogP contribution is -2.42. The molecule has 2 atom stereocenters. The largest absolute Gasteiger partial charge is 0.481 e. The molecular weight excluding hydrogens is 281 g/mol. The number of nitrogens with zero attached hydrogens (tertiary/aromatic N) is 1. The molecule has 1 aromatic rings. The molecule has 1 saturated heterocycles.